The predicted octanol–water partition coefficient (Wildman–Crippen LogP) is 3.32. The normalized spacial score (nSPS) is 10.5. The topological polar surface area (TPSA) is 134 Å². The second-order valence-corrected chi connectivity index (χ2v) is 6.10. The molecule has 0 fully saturated rings. The van der Waals surface area contributed by atoms with E-state index >= 15 is 0 Å². The average molecular weight is 404 g/mol. The molecule has 0 aliphatic carbocycles. The van der Waals surface area contributed by atoms with Crippen LogP contribution < -0.4 is 10.7 Å². The fraction of sp³-hybridized carbons (Fsp3) is 0. The minimum atomic E-state index is -0.604. The van der Waals surface area contributed by atoms with E-state index in [1.807, 2.05) is 6.07 Å². The standard InChI is InChI=1S/C21H16N4O5/c26-19-11-10-18(25(29)30)12-16(19)13-22-24-21(28)15-6-8-17(9-7-15)23-20(27)14-4-2-1-3-5-14/h1-13,26H,(H,23,27)(H,24,28)/b22-13-. The number of nitrogens with one attached hydrogen (secondary N) is 2. The van der Waals surface area contributed by atoms with Gasteiger partial charge in [-0.15, -0.1) is 0 Å². The molecule has 0 bridgehead atoms. The summed E-state index contributed by atoms with van der Waals surface area (Å²) in [6.07, 6.45) is 1.11. The first-order chi connectivity index (χ1) is 14.4. The van der Waals surface area contributed by atoms with E-state index in [1.54, 1.807) is 36.4 Å². The Morgan fingerprint density at radius 1 is 0.933 bits per heavy atom. The zero-order valence-electron chi connectivity index (χ0n) is 15.5. The summed E-state index contributed by atoms with van der Waals surface area (Å²) in [7, 11) is 0. The monoisotopic (exact) mass is 404 g/mol. The van der Waals surface area contributed by atoms with Crippen molar-refractivity contribution >= 4 is 29.4 Å². The number of hydrazone groups is 1. The molecule has 3 aromatic carbocycles. The fourth-order valence-corrected chi connectivity index (χ4v) is 2.48. The van der Waals surface area contributed by atoms with E-state index in [0.29, 0.717) is 11.3 Å². The lowest BCUT2D eigenvalue weighted by Gasteiger charge is -2.06. The second-order valence-electron chi connectivity index (χ2n) is 6.10. The molecule has 0 aromatic heterocycles. The Balaban J connectivity index is 1.61. The van der Waals surface area contributed by atoms with Crippen LogP contribution in [0.1, 0.15) is 26.3 Å². The van der Waals surface area contributed by atoms with Crippen LogP contribution in [0.2, 0.25) is 0 Å². The van der Waals surface area contributed by atoms with Gasteiger partial charge in [0.25, 0.3) is 17.5 Å². The number of anilines is 1. The number of non-ortho nitro benzene ring substituents is 1. The molecular formula is C21H16N4O5. The zero-order valence-corrected chi connectivity index (χ0v) is 15.5. The number of nitrogens with zero attached hydrogens (tertiary/aromatic N) is 2. The lowest BCUT2D eigenvalue weighted by molar-refractivity contribution is -0.384. The van der Waals surface area contributed by atoms with E-state index < -0.39 is 10.8 Å². The number of hydrogen-bond donors (Lipinski definition) is 3. The zero-order chi connectivity index (χ0) is 21.5. The van der Waals surface area contributed by atoms with E-state index in [9.17, 15) is 24.8 Å². The molecule has 0 unspecified atom stereocenters. The van der Waals surface area contributed by atoms with Crippen molar-refractivity contribution in [2.24, 2.45) is 5.10 Å². The molecule has 0 heterocycles. The van der Waals surface area contributed by atoms with Crippen molar-refractivity contribution < 1.29 is 19.6 Å². The van der Waals surface area contributed by atoms with Crippen molar-refractivity contribution in [3.8, 4) is 5.75 Å². The Hall–Kier alpha value is -4.53. The molecule has 9 heteroatoms. The first-order valence-electron chi connectivity index (χ1n) is 8.71. The summed E-state index contributed by atoms with van der Waals surface area (Å²) in [5.41, 5.74) is 3.46. The lowest BCUT2D eigenvalue weighted by atomic mass is 10.1. The molecule has 0 spiro atoms. The highest BCUT2D eigenvalue weighted by Gasteiger charge is 2.10. The molecule has 2 amide bonds. The summed E-state index contributed by atoms with van der Waals surface area (Å²) in [5.74, 6) is -1.01. The summed E-state index contributed by atoms with van der Waals surface area (Å²) in [6, 6.07) is 18.3. The van der Waals surface area contributed by atoms with Crippen molar-refractivity contribution in [2.75, 3.05) is 5.32 Å². The number of nitro benzene ring substituents is 1. The van der Waals surface area contributed by atoms with Gasteiger partial charge in [-0.25, -0.2) is 5.43 Å². The van der Waals surface area contributed by atoms with Gasteiger partial charge in [-0.3, -0.25) is 19.7 Å². The number of rotatable bonds is 6. The molecule has 0 saturated heterocycles. The van der Waals surface area contributed by atoms with Gasteiger partial charge < -0.3 is 10.4 Å². The molecule has 0 aliphatic rings. The fourth-order valence-electron chi connectivity index (χ4n) is 2.48. The molecule has 150 valence electrons. The highest BCUT2D eigenvalue weighted by molar-refractivity contribution is 6.04. The van der Waals surface area contributed by atoms with Gasteiger partial charge >= 0.3 is 0 Å². The molecule has 0 saturated carbocycles. The Bertz CT molecular complexity index is 1110. The summed E-state index contributed by atoms with van der Waals surface area (Å²) in [6.45, 7) is 0. The second kappa shape index (κ2) is 9.11. The first kappa shape index (κ1) is 20.2. The van der Waals surface area contributed by atoms with Crippen LogP contribution in [0.4, 0.5) is 11.4 Å². The van der Waals surface area contributed by atoms with Crippen molar-refractivity contribution in [2.45, 2.75) is 0 Å². The van der Waals surface area contributed by atoms with E-state index in [-0.39, 0.29) is 28.5 Å². The predicted molar refractivity (Wildman–Crippen MR) is 111 cm³/mol. The van der Waals surface area contributed by atoms with Crippen LogP contribution in [0.3, 0.4) is 0 Å². The molecule has 9 nitrogen and oxygen atoms in total. The van der Waals surface area contributed by atoms with Crippen LogP contribution in [0.5, 0.6) is 5.75 Å². The van der Waals surface area contributed by atoms with Gasteiger partial charge in [-0.05, 0) is 42.5 Å². The molecule has 3 rings (SSSR count). The smallest absolute Gasteiger partial charge is 0.271 e. The molecule has 3 N–H and O–H groups in total. The maximum atomic E-state index is 12.2. The SMILES string of the molecule is O=C(N/N=C\c1cc([N+](=O)[O-])ccc1O)c1ccc(NC(=O)c2ccccc2)cc1. The maximum Gasteiger partial charge on any atom is 0.271 e. The highest BCUT2D eigenvalue weighted by Crippen LogP contribution is 2.21. The third kappa shape index (κ3) is 5.04. The number of carbonyl (C=O) groups is 2. The van der Waals surface area contributed by atoms with Crippen molar-refractivity contribution in [1.82, 2.24) is 5.43 Å². The van der Waals surface area contributed by atoms with Crippen LogP contribution in [0.15, 0.2) is 77.9 Å². The number of benzene rings is 3. The summed E-state index contributed by atoms with van der Waals surface area (Å²) < 4.78 is 0. The Morgan fingerprint density at radius 3 is 2.27 bits per heavy atom. The Morgan fingerprint density at radius 2 is 1.60 bits per heavy atom. The number of carbonyl (C=O) groups excluding carboxylic acids is 2. The molecular weight excluding hydrogens is 388 g/mol. The van der Waals surface area contributed by atoms with Gasteiger partial charge in [0.1, 0.15) is 5.75 Å². The maximum absolute atomic E-state index is 12.2. The lowest BCUT2D eigenvalue weighted by Crippen LogP contribution is -2.18. The summed E-state index contributed by atoms with van der Waals surface area (Å²) in [4.78, 5) is 34.5. The molecule has 0 atom stereocenters. The van der Waals surface area contributed by atoms with Gasteiger partial charge in [-0.1, -0.05) is 18.2 Å². The molecule has 0 aliphatic heterocycles. The summed E-state index contributed by atoms with van der Waals surface area (Å²) >= 11 is 0. The van der Waals surface area contributed by atoms with Gasteiger partial charge in [0.15, 0.2) is 0 Å². The number of amides is 2. The van der Waals surface area contributed by atoms with Crippen LogP contribution in [-0.4, -0.2) is 28.1 Å². The number of aromatic hydroxyl groups is 1. The van der Waals surface area contributed by atoms with E-state index in [2.05, 4.69) is 15.8 Å². The van der Waals surface area contributed by atoms with E-state index in [0.717, 1.165) is 18.3 Å². The number of phenolic OH excluding ortho intramolecular Hbond substituents is 1. The van der Waals surface area contributed by atoms with Crippen molar-refractivity contribution in [3.63, 3.8) is 0 Å². The van der Waals surface area contributed by atoms with Crippen molar-refractivity contribution in [3.05, 3.63) is 99.6 Å². The highest BCUT2D eigenvalue weighted by atomic mass is 16.6. The Labute approximate surface area is 170 Å². The largest absolute Gasteiger partial charge is 0.507 e. The number of nitro groups is 1. The average Bonchev–Trinajstić information content (AvgIpc) is 2.76. The van der Waals surface area contributed by atoms with Gasteiger partial charge in [0.05, 0.1) is 11.1 Å². The Kier molecular flexibility index (Phi) is 6.14. The van der Waals surface area contributed by atoms with E-state index in [4.69, 9.17) is 0 Å². The van der Waals surface area contributed by atoms with Crippen LogP contribution in [0.25, 0.3) is 0 Å². The number of phenols is 1. The quantitative estimate of drug-likeness (QED) is 0.329. The third-order valence-corrected chi connectivity index (χ3v) is 4.03. The van der Waals surface area contributed by atoms with Crippen LogP contribution in [-0.2, 0) is 0 Å². The molecule has 0 radical (unpaired) electrons. The first-order valence-corrected chi connectivity index (χ1v) is 8.71. The van der Waals surface area contributed by atoms with Crippen LogP contribution >= 0.6 is 0 Å². The summed E-state index contributed by atoms with van der Waals surface area (Å²) in [5, 5.41) is 27.0. The molecule has 30 heavy (non-hydrogen) atoms. The van der Waals surface area contributed by atoms with Gasteiger partial charge in [0.2, 0.25) is 0 Å². The molecule has 3 aromatic rings. The third-order valence-electron chi connectivity index (χ3n) is 4.03. The number of hydrogen-bond acceptors (Lipinski definition) is 6. The van der Waals surface area contributed by atoms with Gasteiger partial charge in [-0.2, -0.15) is 5.10 Å². The van der Waals surface area contributed by atoms with E-state index in [1.165, 1.54) is 18.2 Å². The minimum Gasteiger partial charge on any atom is -0.507 e. The minimum absolute atomic E-state index is 0.0865. The van der Waals surface area contributed by atoms with Crippen LogP contribution in [0, 0.1) is 10.1 Å². The van der Waals surface area contributed by atoms with Gasteiger partial charge in [0, 0.05) is 34.5 Å². The van der Waals surface area contributed by atoms with Crippen molar-refractivity contribution in [1.29, 1.82) is 0 Å².